The van der Waals surface area contributed by atoms with Gasteiger partial charge in [0.25, 0.3) is 5.91 Å². The number of ether oxygens (including phenoxy) is 2. The first-order valence-corrected chi connectivity index (χ1v) is 8.31. The molecule has 0 aliphatic carbocycles. The highest BCUT2D eigenvalue weighted by molar-refractivity contribution is 5.97. The van der Waals surface area contributed by atoms with Crippen LogP contribution in [0.5, 0.6) is 5.75 Å². The summed E-state index contributed by atoms with van der Waals surface area (Å²) in [6.07, 6.45) is -1.27. The molecule has 28 heavy (non-hydrogen) atoms. The minimum atomic E-state index is -1.27. The van der Waals surface area contributed by atoms with Crippen LogP contribution >= 0.6 is 0 Å². The van der Waals surface area contributed by atoms with E-state index in [1.807, 2.05) is 0 Å². The molecular formula is C20H17FN2O5. The van der Waals surface area contributed by atoms with E-state index in [-0.39, 0.29) is 17.1 Å². The molecule has 0 saturated carbocycles. The van der Waals surface area contributed by atoms with Gasteiger partial charge in [0.05, 0.1) is 12.7 Å². The highest BCUT2D eigenvalue weighted by atomic mass is 19.1. The summed E-state index contributed by atoms with van der Waals surface area (Å²) in [5, 5.41) is 6.22. The summed E-state index contributed by atoms with van der Waals surface area (Å²) in [6.45, 7) is 1.68. The number of halogens is 1. The van der Waals surface area contributed by atoms with E-state index in [1.165, 1.54) is 25.3 Å². The second-order valence-corrected chi connectivity index (χ2v) is 5.86. The standard InChI is InChI=1S/C20H17FN2O5/c1-12-10-17(23-28-12)22-19(24)18(13-6-4-3-5-7-13)27-20(25)14-8-9-16(26-2)15(21)11-14/h3-11,18H,1-2H3,(H,22,23,24)/t18-/m0/s1. The number of carbonyl (C=O) groups is 2. The number of rotatable bonds is 6. The monoisotopic (exact) mass is 384 g/mol. The summed E-state index contributed by atoms with van der Waals surface area (Å²) in [7, 11) is 1.32. The van der Waals surface area contributed by atoms with Crippen molar-refractivity contribution in [2.45, 2.75) is 13.0 Å². The number of amides is 1. The van der Waals surface area contributed by atoms with Crippen molar-refractivity contribution in [3.63, 3.8) is 0 Å². The van der Waals surface area contributed by atoms with Crippen LogP contribution in [0.1, 0.15) is 27.8 Å². The molecule has 1 heterocycles. The van der Waals surface area contributed by atoms with Crippen molar-refractivity contribution in [3.05, 3.63) is 77.3 Å². The number of anilines is 1. The summed E-state index contributed by atoms with van der Waals surface area (Å²) >= 11 is 0. The van der Waals surface area contributed by atoms with Crippen LogP contribution in [0.15, 0.2) is 59.1 Å². The molecule has 0 saturated heterocycles. The lowest BCUT2D eigenvalue weighted by atomic mass is 10.1. The molecule has 0 aliphatic heterocycles. The molecule has 0 aliphatic rings. The largest absolute Gasteiger partial charge is 0.494 e. The van der Waals surface area contributed by atoms with E-state index in [0.29, 0.717) is 11.3 Å². The van der Waals surface area contributed by atoms with E-state index in [9.17, 15) is 14.0 Å². The van der Waals surface area contributed by atoms with Gasteiger partial charge in [-0.3, -0.25) is 4.79 Å². The molecule has 144 valence electrons. The molecule has 0 spiro atoms. The van der Waals surface area contributed by atoms with Crippen molar-refractivity contribution < 1.29 is 28.0 Å². The van der Waals surface area contributed by atoms with Crippen LogP contribution < -0.4 is 10.1 Å². The van der Waals surface area contributed by atoms with Gasteiger partial charge in [0, 0.05) is 11.6 Å². The van der Waals surface area contributed by atoms with Crippen LogP contribution in [0.25, 0.3) is 0 Å². The molecule has 1 atom stereocenters. The van der Waals surface area contributed by atoms with Gasteiger partial charge in [-0.2, -0.15) is 0 Å². The van der Waals surface area contributed by atoms with E-state index in [0.717, 1.165) is 6.07 Å². The lowest BCUT2D eigenvalue weighted by Gasteiger charge is -2.17. The van der Waals surface area contributed by atoms with Crippen LogP contribution in [0, 0.1) is 12.7 Å². The Bertz CT molecular complexity index is 987. The molecule has 0 bridgehead atoms. The van der Waals surface area contributed by atoms with Crippen molar-refractivity contribution in [2.75, 3.05) is 12.4 Å². The number of benzene rings is 2. The van der Waals surface area contributed by atoms with Gasteiger partial charge in [-0.15, -0.1) is 0 Å². The predicted octanol–water partition coefficient (Wildman–Crippen LogP) is 3.67. The zero-order chi connectivity index (χ0) is 20.1. The van der Waals surface area contributed by atoms with Gasteiger partial charge in [0.1, 0.15) is 5.76 Å². The molecule has 3 rings (SSSR count). The van der Waals surface area contributed by atoms with Crippen molar-refractivity contribution >= 4 is 17.7 Å². The molecule has 0 radical (unpaired) electrons. The second-order valence-electron chi connectivity index (χ2n) is 5.86. The van der Waals surface area contributed by atoms with Crippen LogP contribution in [0.2, 0.25) is 0 Å². The lowest BCUT2D eigenvalue weighted by Crippen LogP contribution is -2.26. The Kier molecular flexibility index (Phi) is 5.69. The summed E-state index contributed by atoms with van der Waals surface area (Å²) in [5.74, 6) is -1.50. The number of hydrogen-bond acceptors (Lipinski definition) is 6. The van der Waals surface area contributed by atoms with Gasteiger partial charge in [-0.1, -0.05) is 35.5 Å². The number of aryl methyl sites for hydroxylation is 1. The number of carbonyl (C=O) groups excluding carboxylic acids is 2. The van der Waals surface area contributed by atoms with Gasteiger partial charge in [0.2, 0.25) is 6.10 Å². The van der Waals surface area contributed by atoms with Gasteiger partial charge in [0.15, 0.2) is 17.4 Å². The Hall–Kier alpha value is -3.68. The number of esters is 1. The maximum atomic E-state index is 13.9. The summed E-state index contributed by atoms with van der Waals surface area (Å²) in [4.78, 5) is 25.2. The third-order valence-corrected chi connectivity index (χ3v) is 3.83. The molecule has 1 amide bonds. The molecule has 0 fully saturated rings. The zero-order valence-corrected chi connectivity index (χ0v) is 15.1. The second kappa shape index (κ2) is 8.34. The molecule has 1 N–H and O–H groups in total. The third-order valence-electron chi connectivity index (χ3n) is 3.83. The lowest BCUT2D eigenvalue weighted by molar-refractivity contribution is -0.125. The smallest absolute Gasteiger partial charge is 0.339 e. The fourth-order valence-corrected chi connectivity index (χ4v) is 2.49. The van der Waals surface area contributed by atoms with Crippen molar-refractivity contribution in [2.24, 2.45) is 0 Å². The molecule has 1 aromatic heterocycles. The van der Waals surface area contributed by atoms with Crippen LogP contribution in [-0.4, -0.2) is 24.1 Å². The SMILES string of the molecule is COc1ccc(C(=O)O[C@H](C(=O)Nc2cc(C)on2)c2ccccc2)cc1F. The van der Waals surface area contributed by atoms with Crippen molar-refractivity contribution in [3.8, 4) is 5.75 Å². The first kappa shape index (κ1) is 19.1. The molecular weight excluding hydrogens is 367 g/mol. The average molecular weight is 384 g/mol. The Labute approximate surface area is 160 Å². The fourth-order valence-electron chi connectivity index (χ4n) is 2.49. The molecule has 8 heteroatoms. The highest BCUT2D eigenvalue weighted by Crippen LogP contribution is 2.23. The minimum absolute atomic E-state index is 0.00435. The van der Waals surface area contributed by atoms with Gasteiger partial charge >= 0.3 is 5.97 Å². The van der Waals surface area contributed by atoms with E-state index in [2.05, 4.69) is 10.5 Å². The normalized spacial score (nSPS) is 11.5. The van der Waals surface area contributed by atoms with E-state index < -0.39 is 23.8 Å². The van der Waals surface area contributed by atoms with Gasteiger partial charge in [-0.05, 0) is 25.1 Å². The van der Waals surface area contributed by atoms with Crippen molar-refractivity contribution in [1.29, 1.82) is 0 Å². The number of nitrogens with zero attached hydrogens (tertiary/aromatic N) is 1. The number of methoxy groups -OCH3 is 1. The van der Waals surface area contributed by atoms with E-state index >= 15 is 0 Å². The maximum Gasteiger partial charge on any atom is 0.339 e. The van der Waals surface area contributed by atoms with Crippen LogP contribution in [0.3, 0.4) is 0 Å². The Morgan fingerprint density at radius 3 is 2.50 bits per heavy atom. The predicted molar refractivity (Wildman–Crippen MR) is 97.4 cm³/mol. The number of nitrogens with one attached hydrogen (secondary N) is 1. The Morgan fingerprint density at radius 1 is 1.14 bits per heavy atom. The van der Waals surface area contributed by atoms with E-state index in [4.69, 9.17) is 14.0 Å². The first-order chi connectivity index (χ1) is 13.5. The van der Waals surface area contributed by atoms with Gasteiger partial charge < -0.3 is 19.3 Å². The fraction of sp³-hybridized carbons (Fsp3) is 0.150. The van der Waals surface area contributed by atoms with Crippen LogP contribution in [-0.2, 0) is 9.53 Å². The Morgan fingerprint density at radius 2 is 1.89 bits per heavy atom. The quantitative estimate of drug-likeness (QED) is 0.652. The highest BCUT2D eigenvalue weighted by Gasteiger charge is 2.27. The molecule has 7 nitrogen and oxygen atoms in total. The summed E-state index contributed by atoms with van der Waals surface area (Å²) < 4.78 is 29.0. The summed E-state index contributed by atoms with van der Waals surface area (Å²) in [5.41, 5.74) is 0.395. The van der Waals surface area contributed by atoms with Crippen LogP contribution in [0.4, 0.5) is 10.2 Å². The average Bonchev–Trinajstić information content (AvgIpc) is 3.11. The van der Waals surface area contributed by atoms with Crippen molar-refractivity contribution in [1.82, 2.24) is 5.16 Å². The third kappa shape index (κ3) is 4.35. The number of aromatic nitrogens is 1. The summed E-state index contributed by atoms with van der Waals surface area (Å²) in [6, 6.07) is 13.6. The topological polar surface area (TPSA) is 90.7 Å². The minimum Gasteiger partial charge on any atom is -0.494 e. The molecule has 0 unspecified atom stereocenters. The zero-order valence-electron chi connectivity index (χ0n) is 15.1. The molecule has 3 aromatic rings. The Balaban J connectivity index is 1.83. The maximum absolute atomic E-state index is 13.9. The van der Waals surface area contributed by atoms with Gasteiger partial charge in [-0.25, -0.2) is 9.18 Å². The van der Waals surface area contributed by atoms with E-state index in [1.54, 1.807) is 37.3 Å². The number of hydrogen-bond donors (Lipinski definition) is 1. The first-order valence-electron chi connectivity index (χ1n) is 8.31. The molecule has 2 aromatic carbocycles.